The van der Waals surface area contributed by atoms with Gasteiger partial charge in [0.2, 0.25) is 5.82 Å². The van der Waals surface area contributed by atoms with E-state index in [9.17, 15) is 13.2 Å². The average molecular weight is 387 g/mol. The molecule has 2 aromatic rings. The van der Waals surface area contributed by atoms with Crippen LogP contribution in [0.25, 0.3) is 0 Å². The molecule has 0 aliphatic heterocycles. The molecule has 0 saturated heterocycles. The molecule has 3 nitrogen and oxygen atoms in total. The lowest BCUT2D eigenvalue weighted by molar-refractivity contribution is -0.144. The van der Waals surface area contributed by atoms with Crippen LogP contribution in [0.1, 0.15) is 5.82 Å². The van der Waals surface area contributed by atoms with Crippen molar-refractivity contribution in [1.82, 2.24) is 9.97 Å². The number of benzene rings is 1. The van der Waals surface area contributed by atoms with Crippen LogP contribution in [0, 0.1) is 0 Å². The van der Waals surface area contributed by atoms with Gasteiger partial charge in [0.25, 0.3) is 0 Å². The zero-order valence-corrected chi connectivity index (χ0v) is 12.6. The Bertz CT molecular complexity index is 649. The summed E-state index contributed by atoms with van der Waals surface area (Å²) < 4.78 is 38.4. The first-order valence-electron chi connectivity index (χ1n) is 5.09. The van der Waals surface area contributed by atoms with E-state index in [1.165, 1.54) is 12.1 Å². The summed E-state index contributed by atoms with van der Waals surface area (Å²) in [5, 5.41) is 2.81. The van der Waals surface area contributed by atoms with Gasteiger partial charge in [-0.15, -0.1) is 0 Å². The third kappa shape index (κ3) is 3.74. The third-order valence-electron chi connectivity index (χ3n) is 2.14. The molecular weight excluding hydrogens is 382 g/mol. The maximum atomic E-state index is 12.6. The molecule has 0 saturated carbocycles. The van der Waals surface area contributed by atoms with Crippen LogP contribution in [-0.2, 0) is 6.18 Å². The fourth-order valence-corrected chi connectivity index (χ4v) is 2.04. The Labute approximate surface area is 130 Å². The molecule has 0 aliphatic rings. The van der Waals surface area contributed by atoms with Gasteiger partial charge in [-0.25, -0.2) is 9.97 Å². The van der Waals surface area contributed by atoms with E-state index in [1.807, 2.05) is 0 Å². The van der Waals surface area contributed by atoms with Crippen molar-refractivity contribution < 1.29 is 13.2 Å². The highest BCUT2D eigenvalue weighted by Crippen LogP contribution is 2.31. The molecule has 1 aromatic heterocycles. The van der Waals surface area contributed by atoms with E-state index in [-0.39, 0.29) is 11.0 Å². The molecule has 9 heteroatoms. The summed E-state index contributed by atoms with van der Waals surface area (Å²) in [5.74, 6) is -1.40. The Kier molecular flexibility index (Phi) is 4.41. The Morgan fingerprint density at radius 1 is 1.10 bits per heavy atom. The predicted octanol–water partition coefficient (Wildman–Crippen LogP) is 5.31. The number of nitrogens with one attached hydrogen (secondary N) is 1. The molecule has 0 aliphatic carbocycles. The Hall–Kier alpha value is -1.05. The van der Waals surface area contributed by atoms with Gasteiger partial charge in [0.15, 0.2) is 0 Å². The number of halogens is 6. The van der Waals surface area contributed by atoms with Gasteiger partial charge < -0.3 is 5.32 Å². The van der Waals surface area contributed by atoms with Gasteiger partial charge in [-0.3, -0.25) is 0 Å². The van der Waals surface area contributed by atoms with E-state index in [2.05, 4.69) is 31.2 Å². The average Bonchev–Trinajstić information content (AvgIpc) is 2.32. The lowest BCUT2D eigenvalue weighted by Gasteiger charge is -2.11. The predicted molar refractivity (Wildman–Crippen MR) is 74.5 cm³/mol. The molecule has 20 heavy (non-hydrogen) atoms. The minimum atomic E-state index is -4.67. The quantitative estimate of drug-likeness (QED) is 0.711. The number of rotatable bonds is 2. The van der Waals surface area contributed by atoms with Crippen LogP contribution in [-0.4, -0.2) is 9.97 Å². The van der Waals surface area contributed by atoms with Crippen molar-refractivity contribution in [3.8, 4) is 0 Å². The van der Waals surface area contributed by atoms with Gasteiger partial charge in [0.05, 0.1) is 5.69 Å². The molecule has 1 aromatic carbocycles. The summed E-state index contributed by atoms with van der Waals surface area (Å²) in [6.07, 6.45) is -4.67. The van der Waals surface area contributed by atoms with Crippen molar-refractivity contribution in [2.24, 2.45) is 0 Å². The van der Waals surface area contributed by atoms with Crippen molar-refractivity contribution in [1.29, 1.82) is 0 Å². The fraction of sp³-hybridized carbons (Fsp3) is 0.0909. The largest absolute Gasteiger partial charge is 0.451 e. The molecule has 0 radical (unpaired) electrons. The van der Waals surface area contributed by atoms with Gasteiger partial charge >= 0.3 is 6.18 Å². The fourth-order valence-electron chi connectivity index (χ4n) is 1.34. The van der Waals surface area contributed by atoms with Crippen LogP contribution >= 0.6 is 39.1 Å². The molecule has 2 rings (SSSR count). The molecule has 1 N–H and O–H groups in total. The van der Waals surface area contributed by atoms with Crippen molar-refractivity contribution in [2.45, 2.75) is 6.18 Å². The zero-order valence-electron chi connectivity index (χ0n) is 9.47. The normalized spacial score (nSPS) is 11.5. The minimum Gasteiger partial charge on any atom is -0.339 e. The monoisotopic (exact) mass is 385 g/mol. The molecule has 0 bridgehead atoms. The van der Waals surface area contributed by atoms with Crippen LogP contribution in [0.15, 0.2) is 28.7 Å². The highest BCUT2D eigenvalue weighted by molar-refractivity contribution is 9.10. The second kappa shape index (κ2) is 5.75. The van der Waals surface area contributed by atoms with Crippen molar-refractivity contribution in [2.75, 3.05) is 5.32 Å². The van der Waals surface area contributed by atoms with Crippen LogP contribution in [0.4, 0.5) is 24.7 Å². The van der Waals surface area contributed by atoms with Gasteiger partial charge in [0.1, 0.15) is 11.0 Å². The van der Waals surface area contributed by atoms with Crippen LogP contribution in [0.2, 0.25) is 10.2 Å². The molecule has 0 spiro atoms. The zero-order chi connectivity index (χ0) is 14.9. The maximum absolute atomic E-state index is 12.6. The molecule has 0 fully saturated rings. The number of anilines is 2. The first-order valence-corrected chi connectivity index (χ1v) is 6.64. The maximum Gasteiger partial charge on any atom is 0.451 e. The van der Waals surface area contributed by atoms with Gasteiger partial charge in [-0.1, -0.05) is 23.2 Å². The van der Waals surface area contributed by atoms with E-state index >= 15 is 0 Å². The third-order valence-corrected chi connectivity index (χ3v) is 3.26. The molecule has 0 amide bonds. The lowest BCUT2D eigenvalue weighted by Crippen LogP contribution is -2.12. The number of aromatic nitrogens is 2. The van der Waals surface area contributed by atoms with E-state index in [0.717, 1.165) is 0 Å². The Morgan fingerprint density at radius 3 is 2.45 bits per heavy atom. The summed E-state index contributed by atoms with van der Waals surface area (Å²) in [5.41, 5.74) is 0.459. The summed E-state index contributed by atoms with van der Waals surface area (Å²) in [7, 11) is 0. The highest BCUT2D eigenvalue weighted by atomic mass is 79.9. The standard InChI is InChI=1S/C11H5BrCl2F3N3/c12-6-2-1-5(13)3-7(6)18-9-4-8(14)19-10(20-9)11(15,16)17/h1-4H,(H,18,19,20). The molecule has 0 atom stereocenters. The summed E-state index contributed by atoms with van der Waals surface area (Å²) in [4.78, 5) is 6.51. The molecule has 106 valence electrons. The highest BCUT2D eigenvalue weighted by Gasteiger charge is 2.35. The SMILES string of the molecule is FC(F)(F)c1nc(Cl)cc(Nc2cc(Cl)ccc2Br)n1. The second-order valence-electron chi connectivity index (χ2n) is 3.65. The first-order chi connectivity index (χ1) is 9.25. The van der Waals surface area contributed by atoms with Crippen LogP contribution in [0.5, 0.6) is 0 Å². The summed E-state index contributed by atoms with van der Waals surface area (Å²) in [6.45, 7) is 0. The van der Waals surface area contributed by atoms with E-state index in [0.29, 0.717) is 15.2 Å². The van der Waals surface area contributed by atoms with E-state index in [1.54, 1.807) is 12.1 Å². The molecular formula is C11H5BrCl2F3N3. The summed E-state index contributed by atoms with van der Waals surface area (Å²) in [6, 6.07) is 6.00. The van der Waals surface area contributed by atoms with E-state index < -0.39 is 12.0 Å². The van der Waals surface area contributed by atoms with Gasteiger partial charge in [0, 0.05) is 15.6 Å². The second-order valence-corrected chi connectivity index (χ2v) is 5.32. The number of alkyl halides is 3. The number of hydrogen-bond acceptors (Lipinski definition) is 3. The lowest BCUT2D eigenvalue weighted by atomic mass is 10.3. The Balaban J connectivity index is 2.39. The van der Waals surface area contributed by atoms with Gasteiger partial charge in [-0.2, -0.15) is 13.2 Å². The van der Waals surface area contributed by atoms with Crippen molar-refractivity contribution in [3.05, 3.63) is 44.7 Å². The molecule has 1 heterocycles. The summed E-state index contributed by atoms with van der Waals surface area (Å²) >= 11 is 14.6. The molecule has 0 unspecified atom stereocenters. The van der Waals surface area contributed by atoms with Gasteiger partial charge in [-0.05, 0) is 34.1 Å². The topological polar surface area (TPSA) is 37.8 Å². The number of nitrogens with zero attached hydrogens (tertiary/aromatic N) is 2. The number of hydrogen-bond donors (Lipinski definition) is 1. The smallest absolute Gasteiger partial charge is 0.339 e. The van der Waals surface area contributed by atoms with Crippen molar-refractivity contribution in [3.63, 3.8) is 0 Å². The van der Waals surface area contributed by atoms with Crippen LogP contribution < -0.4 is 5.32 Å². The Morgan fingerprint density at radius 2 is 1.80 bits per heavy atom. The van der Waals surface area contributed by atoms with Crippen LogP contribution in [0.3, 0.4) is 0 Å². The first kappa shape index (κ1) is 15.3. The van der Waals surface area contributed by atoms with Crippen molar-refractivity contribution >= 4 is 50.6 Å². The minimum absolute atomic E-state index is 0.0831. The van der Waals surface area contributed by atoms with E-state index in [4.69, 9.17) is 23.2 Å².